The van der Waals surface area contributed by atoms with E-state index >= 15 is 0 Å². The number of phenols is 3. The van der Waals surface area contributed by atoms with Crippen molar-refractivity contribution in [3.63, 3.8) is 0 Å². The van der Waals surface area contributed by atoms with Gasteiger partial charge >= 0.3 is 0 Å². The van der Waals surface area contributed by atoms with E-state index in [4.69, 9.17) is 18.9 Å². The van der Waals surface area contributed by atoms with Crippen molar-refractivity contribution in [2.75, 3.05) is 7.11 Å². The highest BCUT2D eigenvalue weighted by Crippen LogP contribution is 2.45. The van der Waals surface area contributed by atoms with Crippen LogP contribution in [0.3, 0.4) is 0 Å². The first-order valence-corrected chi connectivity index (χ1v) is 14.9. The van der Waals surface area contributed by atoms with Crippen molar-refractivity contribution in [2.24, 2.45) is 0 Å². The van der Waals surface area contributed by atoms with Crippen LogP contribution in [0.5, 0.6) is 51.7 Å². The molecule has 4 N–H and O–H groups in total. The number of phenolic OH excluding ortho intramolecular Hbond substituents is 3. The molecule has 0 heterocycles. The summed E-state index contributed by atoms with van der Waals surface area (Å²) < 4.78 is 23.7. The van der Waals surface area contributed by atoms with Crippen molar-refractivity contribution in [1.82, 2.24) is 0 Å². The van der Waals surface area contributed by atoms with Gasteiger partial charge in [0.15, 0.2) is 40.6 Å². The standard InChI is InChI=1S/C30H28O9.C4H10.C2H6/c1-17-15-20(31)12-14-23(17)38-27-10-6-9-26(30(27)39-25-8-5-4-7-24(25)36-3)37-18(2)28(34)29(35)19-11-13-21(32)22(33)16-19;1-3-4-2;1-2/h4-16,18,29,31-33,35H,1-3H3;3-4H2,1-2H3;1-2H3. The Morgan fingerprint density at radius 1 is 0.733 bits per heavy atom. The second-order valence-electron chi connectivity index (χ2n) is 9.70. The van der Waals surface area contributed by atoms with Crippen LogP contribution >= 0.6 is 0 Å². The van der Waals surface area contributed by atoms with E-state index in [0.717, 1.165) is 6.07 Å². The molecule has 0 spiro atoms. The maximum Gasteiger partial charge on any atom is 0.211 e. The third-order valence-corrected chi connectivity index (χ3v) is 6.39. The molecule has 2 unspecified atom stereocenters. The van der Waals surface area contributed by atoms with Gasteiger partial charge in [0.25, 0.3) is 0 Å². The zero-order chi connectivity index (χ0) is 33.5. The number of ether oxygens (including phenoxy) is 4. The van der Waals surface area contributed by atoms with Crippen LogP contribution in [0.1, 0.15) is 64.7 Å². The number of unbranched alkanes of at least 4 members (excludes halogenated alkanes) is 1. The average molecular weight is 621 g/mol. The van der Waals surface area contributed by atoms with Gasteiger partial charge in [-0.25, -0.2) is 0 Å². The molecular formula is C36H44O9. The molecule has 4 rings (SSSR count). The third-order valence-electron chi connectivity index (χ3n) is 6.39. The molecule has 242 valence electrons. The first kappa shape index (κ1) is 36.3. The zero-order valence-corrected chi connectivity index (χ0v) is 26.9. The Bertz CT molecular complexity index is 1510. The van der Waals surface area contributed by atoms with E-state index in [1.165, 1.54) is 45.1 Å². The lowest BCUT2D eigenvalue weighted by molar-refractivity contribution is -0.133. The maximum atomic E-state index is 13.0. The van der Waals surface area contributed by atoms with Gasteiger partial charge in [0, 0.05) is 0 Å². The number of ketones is 1. The highest BCUT2D eigenvalue weighted by atomic mass is 16.6. The molecular weight excluding hydrogens is 576 g/mol. The molecule has 0 aliphatic rings. The quantitative estimate of drug-likeness (QED) is 0.122. The SMILES string of the molecule is CC.CCCC.COc1ccccc1Oc1c(Oc2ccc(O)cc2C)cccc1OC(C)C(=O)C(O)c1ccc(O)c(O)c1. The fourth-order valence-electron chi connectivity index (χ4n) is 3.79. The first-order valence-electron chi connectivity index (χ1n) is 14.9. The number of rotatable bonds is 11. The van der Waals surface area contributed by atoms with Crippen LogP contribution in [0.15, 0.2) is 78.9 Å². The lowest BCUT2D eigenvalue weighted by Gasteiger charge is -2.21. The van der Waals surface area contributed by atoms with Crippen LogP contribution in [0.4, 0.5) is 0 Å². The smallest absolute Gasteiger partial charge is 0.211 e. The van der Waals surface area contributed by atoms with Crippen LogP contribution in [-0.4, -0.2) is 39.4 Å². The number of carbonyl (C=O) groups excluding carboxylic acids is 1. The number of hydrogen-bond donors (Lipinski definition) is 4. The number of methoxy groups -OCH3 is 1. The van der Waals surface area contributed by atoms with Gasteiger partial charge in [0.2, 0.25) is 11.5 Å². The molecule has 45 heavy (non-hydrogen) atoms. The second-order valence-corrected chi connectivity index (χ2v) is 9.70. The predicted molar refractivity (Wildman–Crippen MR) is 174 cm³/mol. The van der Waals surface area contributed by atoms with Crippen LogP contribution in [0.2, 0.25) is 0 Å². The van der Waals surface area contributed by atoms with Crippen molar-refractivity contribution < 1.29 is 44.2 Å². The summed E-state index contributed by atoms with van der Waals surface area (Å²) in [5.74, 6) is 0.392. The second kappa shape index (κ2) is 18.0. The van der Waals surface area contributed by atoms with E-state index in [0.29, 0.717) is 22.8 Å². The molecule has 9 nitrogen and oxygen atoms in total. The van der Waals surface area contributed by atoms with Crippen LogP contribution in [0.25, 0.3) is 0 Å². The van der Waals surface area contributed by atoms with E-state index in [2.05, 4.69) is 13.8 Å². The van der Waals surface area contributed by atoms with Crippen molar-refractivity contribution in [3.05, 3.63) is 90.0 Å². The number of aliphatic hydroxyl groups is 1. The van der Waals surface area contributed by atoms with Gasteiger partial charge < -0.3 is 39.4 Å². The van der Waals surface area contributed by atoms with E-state index in [9.17, 15) is 25.2 Å². The van der Waals surface area contributed by atoms with E-state index in [1.807, 2.05) is 13.8 Å². The van der Waals surface area contributed by atoms with Crippen molar-refractivity contribution in [2.45, 2.75) is 66.6 Å². The molecule has 4 aromatic rings. The van der Waals surface area contributed by atoms with Gasteiger partial charge in [0.1, 0.15) is 17.6 Å². The Balaban J connectivity index is 0.00000109. The number of benzene rings is 4. The maximum absolute atomic E-state index is 13.0. The van der Waals surface area contributed by atoms with Gasteiger partial charge in [-0.15, -0.1) is 0 Å². The monoisotopic (exact) mass is 620 g/mol. The number of Topliss-reactive ketones (excluding diaryl/α,β-unsaturated/α-hetero) is 1. The topological polar surface area (TPSA) is 135 Å². The molecule has 0 fully saturated rings. The number of aromatic hydroxyl groups is 3. The fraction of sp³-hybridized carbons (Fsp3) is 0.306. The zero-order valence-electron chi connectivity index (χ0n) is 26.9. The minimum atomic E-state index is -1.62. The summed E-state index contributed by atoms with van der Waals surface area (Å²) in [6, 6.07) is 20.1. The number of aliphatic hydroxyl groups excluding tert-OH is 1. The molecule has 2 atom stereocenters. The van der Waals surface area contributed by atoms with Crippen LogP contribution in [-0.2, 0) is 4.79 Å². The van der Waals surface area contributed by atoms with Gasteiger partial charge in [-0.05, 0) is 79.6 Å². The Morgan fingerprint density at radius 2 is 1.36 bits per heavy atom. The Morgan fingerprint density at radius 3 is 1.96 bits per heavy atom. The molecule has 0 amide bonds. The van der Waals surface area contributed by atoms with Crippen LogP contribution in [0, 0.1) is 6.92 Å². The van der Waals surface area contributed by atoms with Crippen molar-refractivity contribution in [3.8, 4) is 51.7 Å². The average Bonchev–Trinajstić information content (AvgIpc) is 3.05. The summed E-state index contributed by atoms with van der Waals surface area (Å²) >= 11 is 0. The van der Waals surface area contributed by atoms with Crippen LogP contribution < -0.4 is 18.9 Å². The molecule has 0 saturated heterocycles. The van der Waals surface area contributed by atoms with Gasteiger partial charge in [-0.1, -0.05) is 64.8 Å². The highest BCUT2D eigenvalue weighted by molar-refractivity contribution is 5.88. The van der Waals surface area contributed by atoms with E-state index in [1.54, 1.807) is 61.5 Å². The van der Waals surface area contributed by atoms with Crippen molar-refractivity contribution in [1.29, 1.82) is 0 Å². The minimum Gasteiger partial charge on any atom is -0.508 e. The van der Waals surface area contributed by atoms with Gasteiger partial charge in [-0.2, -0.15) is 0 Å². The normalized spacial score (nSPS) is 11.5. The summed E-state index contributed by atoms with van der Waals surface area (Å²) in [4.78, 5) is 13.0. The molecule has 0 bridgehead atoms. The summed E-state index contributed by atoms with van der Waals surface area (Å²) in [5, 5.41) is 39.7. The molecule has 4 aromatic carbocycles. The van der Waals surface area contributed by atoms with E-state index < -0.39 is 23.7 Å². The molecule has 0 aliphatic carbocycles. The lowest BCUT2D eigenvalue weighted by Crippen LogP contribution is -2.29. The summed E-state index contributed by atoms with van der Waals surface area (Å²) in [6.45, 7) is 11.6. The first-order chi connectivity index (χ1) is 21.6. The summed E-state index contributed by atoms with van der Waals surface area (Å²) in [6.07, 6.45) is -0.134. The largest absolute Gasteiger partial charge is 0.508 e. The number of carbonyl (C=O) groups is 1. The van der Waals surface area contributed by atoms with Gasteiger partial charge in [-0.3, -0.25) is 4.79 Å². The molecule has 9 heteroatoms. The fourth-order valence-corrected chi connectivity index (χ4v) is 3.79. The highest BCUT2D eigenvalue weighted by Gasteiger charge is 2.27. The lowest BCUT2D eigenvalue weighted by atomic mass is 10.0. The predicted octanol–water partition coefficient (Wildman–Crippen LogP) is 8.61. The Hall–Kier alpha value is -4.89. The Kier molecular flexibility index (Phi) is 14.6. The minimum absolute atomic E-state index is 0.0928. The van der Waals surface area contributed by atoms with Crippen molar-refractivity contribution >= 4 is 5.78 Å². The van der Waals surface area contributed by atoms with Gasteiger partial charge in [0.05, 0.1) is 7.11 Å². The molecule has 0 aliphatic heterocycles. The number of para-hydroxylation sites is 3. The number of hydrogen-bond acceptors (Lipinski definition) is 9. The number of aryl methyl sites for hydroxylation is 1. The summed E-state index contributed by atoms with van der Waals surface area (Å²) in [7, 11) is 1.51. The summed E-state index contributed by atoms with van der Waals surface area (Å²) in [5.41, 5.74) is 0.768. The third kappa shape index (κ3) is 10.1. The molecule has 0 saturated carbocycles. The molecule has 0 aromatic heterocycles. The Labute approximate surface area is 265 Å². The molecule has 0 radical (unpaired) electrons. The van der Waals surface area contributed by atoms with E-state index in [-0.39, 0.29) is 34.3 Å².